The van der Waals surface area contributed by atoms with Crippen molar-refractivity contribution in [3.8, 4) is 0 Å². The monoisotopic (exact) mass is 252 g/mol. The Morgan fingerprint density at radius 3 is 2.72 bits per heavy atom. The maximum Gasteiger partial charge on any atom is 0.339 e. The van der Waals surface area contributed by atoms with Crippen LogP contribution in [0.3, 0.4) is 0 Å². The quantitative estimate of drug-likeness (QED) is 0.256. The van der Waals surface area contributed by atoms with Gasteiger partial charge in [0.25, 0.3) is 0 Å². The number of ether oxygens (including phenoxy) is 2. The number of hydrogen-bond acceptors (Lipinski definition) is 4. The topological polar surface area (TPSA) is 76.1 Å². The van der Waals surface area contributed by atoms with E-state index in [1.165, 1.54) is 0 Å². The number of carbonyl (C=O) groups is 2. The Balaban J connectivity index is 2.75. The van der Waals surface area contributed by atoms with Gasteiger partial charge in [-0.1, -0.05) is 5.73 Å². The van der Waals surface area contributed by atoms with Crippen molar-refractivity contribution < 1.29 is 24.2 Å². The fourth-order valence-corrected chi connectivity index (χ4v) is 1.39. The number of hydrogen-bond donors (Lipinski definition) is 1. The summed E-state index contributed by atoms with van der Waals surface area (Å²) in [7, 11) is 0. The third-order valence-electron chi connectivity index (χ3n) is 2.48. The molecule has 1 aliphatic rings. The van der Waals surface area contributed by atoms with Gasteiger partial charge >= 0.3 is 11.9 Å². The summed E-state index contributed by atoms with van der Waals surface area (Å²) in [4.78, 5) is 22.4. The van der Waals surface area contributed by atoms with Gasteiger partial charge < -0.3 is 14.6 Å². The van der Waals surface area contributed by atoms with Crippen LogP contribution >= 0.6 is 0 Å². The first-order valence-corrected chi connectivity index (χ1v) is 5.63. The molecule has 0 spiro atoms. The Morgan fingerprint density at radius 1 is 1.56 bits per heavy atom. The minimum Gasteiger partial charge on any atom is -0.481 e. The Morgan fingerprint density at radius 2 is 2.22 bits per heavy atom. The van der Waals surface area contributed by atoms with Crippen molar-refractivity contribution in [3.05, 3.63) is 29.2 Å². The number of rotatable bonds is 6. The molecule has 1 fully saturated rings. The number of carboxylic acid groups (broad SMARTS) is 1. The predicted octanol–water partition coefficient (Wildman–Crippen LogP) is 1.80. The molecule has 0 radical (unpaired) electrons. The minimum atomic E-state index is -0.971. The second-order valence-electron chi connectivity index (χ2n) is 3.94. The number of aliphatic carboxylic acids is 1. The van der Waals surface area contributed by atoms with Gasteiger partial charge in [-0.05, 0) is 31.9 Å². The van der Waals surface area contributed by atoms with Crippen LogP contribution in [0.4, 0.5) is 0 Å². The van der Waals surface area contributed by atoms with Crippen LogP contribution in [0.5, 0.6) is 0 Å². The summed E-state index contributed by atoms with van der Waals surface area (Å²) in [5.41, 5.74) is 3.48. The molecule has 1 saturated heterocycles. The van der Waals surface area contributed by atoms with Crippen LogP contribution in [0.25, 0.3) is 0 Å². The molecule has 0 aromatic carbocycles. The van der Waals surface area contributed by atoms with Gasteiger partial charge in [0.15, 0.2) is 0 Å². The summed E-state index contributed by atoms with van der Waals surface area (Å²) < 4.78 is 9.86. The minimum absolute atomic E-state index is 0.0354. The normalized spacial score (nSPS) is 18.2. The van der Waals surface area contributed by atoms with Crippen LogP contribution in [0.2, 0.25) is 0 Å². The molecule has 1 unspecified atom stereocenters. The largest absolute Gasteiger partial charge is 0.481 e. The lowest BCUT2D eigenvalue weighted by atomic mass is 10.0. The Labute approximate surface area is 105 Å². The van der Waals surface area contributed by atoms with E-state index in [2.05, 4.69) is 5.73 Å². The molecule has 5 nitrogen and oxygen atoms in total. The molecule has 0 amide bonds. The van der Waals surface area contributed by atoms with Gasteiger partial charge in [0.05, 0.1) is 19.1 Å². The maximum absolute atomic E-state index is 11.6. The summed E-state index contributed by atoms with van der Waals surface area (Å²) in [5, 5.41) is 8.81. The van der Waals surface area contributed by atoms with E-state index in [1.807, 2.05) is 0 Å². The predicted molar refractivity (Wildman–Crippen MR) is 63.7 cm³/mol. The third kappa shape index (κ3) is 4.99. The Hall–Kier alpha value is -1.84. The molecule has 5 heteroatoms. The highest BCUT2D eigenvalue weighted by Crippen LogP contribution is 2.24. The lowest BCUT2D eigenvalue weighted by molar-refractivity contribution is -0.136. The summed E-state index contributed by atoms with van der Waals surface area (Å²) in [5.74, 6) is -1.52. The van der Waals surface area contributed by atoms with Crippen molar-refractivity contribution in [2.45, 2.75) is 32.8 Å². The zero-order chi connectivity index (χ0) is 13.5. The van der Waals surface area contributed by atoms with Gasteiger partial charge in [-0.25, -0.2) is 4.79 Å². The number of epoxide rings is 1. The Kier molecular flexibility index (Phi) is 5.36. The molecule has 1 N–H and O–H groups in total. The van der Waals surface area contributed by atoms with E-state index in [4.69, 9.17) is 14.6 Å². The van der Waals surface area contributed by atoms with Crippen molar-refractivity contribution in [2.24, 2.45) is 0 Å². The average Bonchev–Trinajstić information content (AvgIpc) is 3.10. The fraction of sp³-hybridized carbons (Fsp3) is 0.462. The van der Waals surface area contributed by atoms with E-state index >= 15 is 0 Å². The summed E-state index contributed by atoms with van der Waals surface area (Å²) in [6.07, 6.45) is 3.07. The molecule has 18 heavy (non-hydrogen) atoms. The average molecular weight is 252 g/mol. The van der Waals surface area contributed by atoms with Crippen molar-refractivity contribution in [1.29, 1.82) is 0 Å². The van der Waals surface area contributed by atoms with E-state index < -0.39 is 11.9 Å². The first kappa shape index (κ1) is 14.2. The zero-order valence-corrected chi connectivity index (χ0v) is 10.4. The number of allylic oxidation sites excluding steroid dienone is 1. The molecular weight excluding hydrogens is 236 g/mol. The van der Waals surface area contributed by atoms with E-state index in [-0.39, 0.29) is 12.5 Å². The fourth-order valence-electron chi connectivity index (χ4n) is 1.39. The summed E-state index contributed by atoms with van der Waals surface area (Å²) in [6.45, 7) is 3.92. The third-order valence-corrected chi connectivity index (χ3v) is 2.48. The molecular formula is C13H16O5. The summed E-state index contributed by atoms with van der Waals surface area (Å²) >= 11 is 0. The first-order chi connectivity index (χ1) is 8.54. The van der Waals surface area contributed by atoms with Crippen molar-refractivity contribution in [1.82, 2.24) is 0 Å². The number of carboxylic acids is 1. The van der Waals surface area contributed by atoms with Gasteiger partial charge in [0.2, 0.25) is 0 Å². The van der Waals surface area contributed by atoms with Crippen molar-refractivity contribution >= 4 is 11.9 Å². The summed E-state index contributed by atoms with van der Waals surface area (Å²) in [6, 6.07) is 0. The maximum atomic E-state index is 11.6. The first-order valence-electron chi connectivity index (χ1n) is 5.63. The van der Waals surface area contributed by atoms with Gasteiger partial charge in [-0.15, -0.1) is 0 Å². The zero-order valence-electron chi connectivity index (χ0n) is 10.4. The second kappa shape index (κ2) is 6.79. The van der Waals surface area contributed by atoms with Gasteiger partial charge in [-0.3, -0.25) is 4.79 Å². The smallest absolute Gasteiger partial charge is 0.339 e. The molecule has 1 heterocycles. The van der Waals surface area contributed by atoms with Crippen LogP contribution in [-0.4, -0.2) is 29.8 Å². The molecule has 1 aliphatic heterocycles. The van der Waals surface area contributed by atoms with E-state index in [9.17, 15) is 9.59 Å². The molecule has 1 rings (SSSR count). The SMILES string of the molecule is CC=C=COC(=O)C(C)=C(CC(=O)O)CC1CO1. The van der Waals surface area contributed by atoms with Crippen LogP contribution in [0.1, 0.15) is 26.7 Å². The van der Waals surface area contributed by atoms with Gasteiger partial charge in [0, 0.05) is 5.57 Å². The van der Waals surface area contributed by atoms with E-state index in [1.54, 1.807) is 19.9 Å². The molecule has 98 valence electrons. The van der Waals surface area contributed by atoms with Crippen LogP contribution in [0, 0.1) is 0 Å². The number of esters is 1. The van der Waals surface area contributed by atoms with Crippen LogP contribution in [0.15, 0.2) is 29.2 Å². The molecule has 0 bridgehead atoms. The highest BCUT2D eigenvalue weighted by atomic mass is 16.6. The van der Waals surface area contributed by atoms with Crippen LogP contribution in [-0.2, 0) is 19.1 Å². The molecule has 0 saturated carbocycles. The molecule has 0 aliphatic carbocycles. The lowest BCUT2D eigenvalue weighted by Crippen LogP contribution is -2.09. The highest BCUT2D eigenvalue weighted by Gasteiger charge is 2.26. The molecule has 0 aromatic rings. The van der Waals surface area contributed by atoms with Crippen molar-refractivity contribution in [3.63, 3.8) is 0 Å². The standard InChI is InChI=1S/C13H16O5/c1-3-4-5-17-13(16)9(2)10(7-12(14)15)6-11-8-18-11/h3,5,11H,6-8H2,1-2H3,(H,14,15). The van der Waals surface area contributed by atoms with E-state index in [0.29, 0.717) is 24.2 Å². The van der Waals surface area contributed by atoms with Gasteiger partial charge in [-0.2, -0.15) is 0 Å². The van der Waals surface area contributed by atoms with E-state index in [0.717, 1.165) is 6.26 Å². The van der Waals surface area contributed by atoms with Gasteiger partial charge in [0.1, 0.15) is 6.26 Å². The second-order valence-corrected chi connectivity index (χ2v) is 3.94. The lowest BCUT2D eigenvalue weighted by Gasteiger charge is -2.07. The highest BCUT2D eigenvalue weighted by molar-refractivity contribution is 5.90. The van der Waals surface area contributed by atoms with Crippen LogP contribution < -0.4 is 0 Å². The molecule has 0 aromatic heterocycles. The Bertz CT molecular complexity index is 423. The number of carbonyl (C=O) groups excluding carboxylic acids is 1. The van der Waals surface area contributed by atoms with Crippen molar-refractivity contribution in [2.75, 3.05) is 6.61 Å². The molecule has 1 atom stereocenters.